The predicted octanol–water partition coefficient (Wildman–Crippen LogP) is 3.20. The zero-order valence-corrected chi connectivity index (χ0v) is 14.3. The molecule has 1 fully saturated rings. The topological polar surface area (TPSA) is 53.1 Å². The molecular weight excluding hydrogens is 306 g/mol. The lowest BCUT2D eigenvalue weighted by Gasteiger charge is -2.34. The van der Waals surface area contributed by atoms with Crippen molar-refractivity contribution >= 4 is 40.7 Å². The first-order valence-electron chi connectivity index (χ1n) is 7.34. The van der Waals surface area contributed by atoms with Gasteiger partial charge in [0.25, 0.3) is 0 Å². The van der Waals surface area contributed by atoms with Crippen molar-refractivity contribution in [2.75, 3.05) is 16.8 Å². The van der Waals surface area contributed by atoms with Gasteiger partial charge in [-0.3, -0.25) is 0 Å². The van der Waals surface area contributed by atoms with E-state index in [-0.39, 0.29) is 6.04 Å². The molecule has 0 bridgehead atoms. The number of nitrogens with one attached hydrogen (secondary N) is 2. The average Bonchev–Trinajstić information content (AvgIpc) is 2.37. The van der Waals surface area contributed by atoms with Crippen LogP contribution in [-0.4, -0.2) is 33.7 Å². The quantitative estimate of drug-likeness (QED) is 0.657. The van der Waals surface area contributed by atoms with Crippen molar-refractivity contribution in [3.8, 4) is 0 Å². The number of aromatic nitrogens is 2. The summed E-state index contributed by atoms with van der Waals surface area (Å²) < 4.78 is 0. The molecule has 21 heavy (non-hydrogen) atoms. The maximum Gasteiger partial charge on any atom is 0.232 e. The highest BCUT2D eigenvalue weighted by Gasteiger charge is 2.20. The Morgan fingerprint density at radius 2 is 2.19 bits per heavy atom. The third-order valence-electron chi connectivity index (χ3n) is 3.42. The molecule has 1 aliphatic rings. The van der Waals surface area contributed by atoms with Gasteiger partial charge in [0.1, 0.15) is 11.0 Å². The molecule has 1 aromatic rings. The molecular formula is C14H22ClN5S. The molecule has 0 saturated carbocycles. The minimum absolute atomic E-state index is 0.255. The van der Waals surface area contributed by atoms with Crippen LogP contribution in [0.25, 0.3) is 0 Å². The average molecular weight is 328 g/mol. The van der Waals surface area contributed by atoms with Gasteiger partial charge in [-0.25, -0.2) is 4.98 Å². The minimum Gasteiger partial charge on any atom is -0.360 e. The molecule has 2 rings (SSSR count). The van der Waals surface area contributed by atoms with Crippen LogP contribution in [0.2, 0.25) is 5.15 Å². The van der Waals surface area contributed by atoms with E-state index in [1.54, 1.807) is 0 Å². The first-order chi connectivity index (χ1) is 9.95. The Hall–Kier alpha value is -1.14. The summed E-state index contributed by atoms with van der Waals surface area (Å²) in [7, 11) is 0. The lowest BCUT2D eigenvalue weighted by molar-refractivity contribution is 0.481. The van der Waals surface area contributed by atoms with Crippen LogP contribution >= 0.6 is 23.8 Å². The molecule has 2 heterocycles. The zero-order chi connectivity index (χ0) is 15.4. The highest BCUT2D eigenvalue weighted by atomic mass is 35.5. The van der Waals surface area contributed by atoms with Gasteiger partial charge in [0.2, 0.25) is 5.95 Å². The Bertz CT molecular complexity index is 508. The summed E-state index contributed by atoms with van der Waals surface area (Å²) in [6.07, 6.45) is 3.63. The van der Waals surface area contributed by atoms with Crippen molar-refractivity contribution in [3.63, 3.8) is 0 Å². The molecule has 0 aliphatic carbocycles. The summed E-state index contributed by atoms with van der Waals surface area (Å²) in [4.78, 5) is 11.0. The van der Waals surface area contributed by atoms with Gasteiger partial charge in [-0.05, 0) is 52.3 Å². The number of thiocarbonyl (C=S) groups is 1. The smallest absolute Gasteiger partial charge is 0.232 e. The van der Waals surface area contributed by atoms with Crippen LogP contribution in [0.5, 0.6) is 0 Å². The van der Waals surface area contributed by atoms with Crippen LogP contribution in [0.4, 0.5) is 11.8 Å². The van der Waals surface area contributed by atoms with E-state index in [9.17, 15) is 0 Å². The van der Waals surface area contributed by atoms with Crippen LogP contribution in [0.15, 0.2) is 6.07 Å². The lowest BCUT2D eigenvalue weighted by Crippen LogP contribution is -2.38. The van der Waals surface area contributed by atoms with Crippen LogP contribution in [-0.2, 0) is 0 Å². The number of hydrogen-bond donors (Lipinski definition) is 2. The second-order valence-electron chi connectivity index (χ2n) is 5.66. The van der Waals surface area contributed by atoms with E-state index in [0.717, 1.165) is 12.4 Å². The molecule has 1 aromatic heterocycles. The molecule has 0 aromatic carbocycles. The van der Waals surface area contributed by atoms with E-state index in [1.807, 2.05) is 19.9 Å². The SMILES string of the molecule is CC(C)NC(=S)Nc1nc(Cl)cc(N2CCCCC2C)n1. The maximum atomic E-state index is 6.12. The maximum absolute atomic E-state index is 6.12. The van der Waals surface area contributed by atoms with Crippen LogP contribution in [0.3, 0.4) is 0 Å². The molecule has 116 valence electrons. The van der Waals surface area contributed by atoms with Crippen LogP contribution in [0.1, 0.15) is 40.0 Å². The van der Waals surface area contributed by atoms with E-state index < -0.39 is 0 Å². The van der Waals surface area contributed by atoms with E-state index in [1.165, 1.54) is 19.3 Å². The Morgan fingerprint density at radius 3 is 2.86 bits per heavy atom. The number of piperidine rings is 1. The minimum atomic E-state index is 0.255. The Labute approximate surface area is 136 Å². The molecule has 1 aliphatic heterocycles. The fraction of sp³-hybridized carbons (Fsp3) is 0.643. The summed E-state index contributed by atoms with van der Waals surface area (Å²) in [6, 6.07) is 2.54. The van der Waals surface area contributed by atoms with E-state index in [0.29, 0.717) is 22.3 Å². The van der Waals surface area contributed by atoms with Crippen molar-refractivity contribution in [1.29, 1.82) is 0 Å². The fourth-order valence-electron chi connectivity index (χ4n) is 2.45. The first kappa shape index (κ1) is 16.2. The second kappa shape index (κ2) is 7.22. The van der Waals surface area contributed by atoms with Crippen molar-refractivity contribution in [2.45, 2.75) is 52.1 Å². The van der Waals surface area contributed by atoms with Crippen molar-refractivity contribution < 1.29 is 0 Å². The summed E-state index contributed by atoms with van der Waals surface area (Å²) >= 11 is 11.3. The Morgan fingerprint density at radius 1 is 1.43 bits per heavy atom. The molecule has 0 amide bonds. The van der Waals surface area contributed by atoms with Gasteiger partial charge in [-0.15, -0.1) is 0 Å². The van der Waals surface area contributed by atoms with Crippen molar-refractivity contribution in [1.82, 2.24) is 15.3 Å². The lowest BCUT2D eigenvalue weighted by atomic mass is 10.0. The largest absolute Gasteiger partial charge is 0.360 e. The standard InChI is InChI=1S/C14H22ClN5S/c1-9(2)16-14(21)19-13-17-11(15)8-12(18-13)20-7-5-4-6-10(20)3/h8-10H,4-7H2,1-3H3,(H2,16,17,18,19,21). The Balaban J connectivity index is 2.15. The molecule has 5 nitrogen and oxygen atoms in total. The first-order valence-corrected chi connectivity index (χ1v) is 8.13. The van der Waals surface area contributed by atoms with Gasteiger partial charge in [0, 0.05) is 24.7 Å². The number of rotatable bonds is 3. The number of halogens is 1. The zero-order valence-electron chi connectivity index (χ0n) is 12.7. The predicted molar refractivity (Wildman–Crippen MR) is 92.2 cm³/mol. The highest BCUT2D eigenvalue weighted by Crippen LogP contribution is 2.25. The fourth-order valence-corrected chi connectivity index (χ4v) is 2.95. The normalized spacial score (nSPS) is 18.7. The summed E-state index contributed by atoms with van der Waals surface area (Å²) in [5.74, 6) is 1.30. The van der Waals surface area contributed by atoms with E-state index in [4.69, 9.17) is 23.8 Å². The van der Waals surface area contributed by atoms with Gasteiger partial charge in [-0.2, -0.15) is 4.98 Å². The molecule has 1 unspecified atom stereocenters. The Kier molecular flexibility index (Phi) is 5.58. The van der Waals surface area contributed by atoms with Crippen LogP contribution in [0, 0.1) is 0 Å². The second-order valence-corrected chi connectivity index (χ2v) is 6.46. The van der Waals surface area contributed by atoms with Crippen LogP contribution < -0.4 is 15.5 Å². The molecule has 1 atom stereocenters. The van der Waals surface area contributed by atoms with E-state index in [2.05, 4.69) is 32.4 Å². The number of hydrogen-bond acceptors (Lipinski definition) is 4. The van der Waals surface area contributed by atoms with Gasteiger partial charge < -0.3 is 15.5 Å². The van der Waals surface area contributed by atoms with Crippen molar-refractivity contribution in [2.24, 2.45) is 0 Å². The monoisotopic (exact) mass is 327 g/mol. The molecule has 0 spiro atoms. The van der Waals surface area contributed by atoms with Gasteiger partial charge in [-0.1, -0.05) is 11.6 Å². The molecule has 0 radical (unpaired) electrons. The molecule has 2 N–H and O–H groups in total. The third-order valence-corrected chi connectivity index (χ3v) is 3.84. The summed E-state index contributed by atoms with van der Waals surface area (Å²) in [5.41, 5.74) is 0. The number of nitrogens with zero attached hydrogens (tertiary/aromatic N) is 3. The van der Waals surface area contributed by atoms with Gasteiger partial charge in [0.05, 0.1) is 0 Å². The van der Waals surface area contributed by atoms with Gasteiger partial charge in [0.15, 0.2) is 5.11 Å². The third kappa shape index (κ3) is 4.68. The van der Waals surface area contributed by atoms with Gasteiger partial charge >= 0.3 is 0 Å². The summed E-state index contributed by atoms with van der Waals surface area (Å²) in [6.45, 7) is 7.26. The summed E-state index contributed by atoms with van der Waals surface area (Å²) in [5, 5.41) is 7.03. The molecule has 7 heteroatoms. The highest BCUT2D eigenvalue weighted by molar-refractivity contribution is 7.80. The van der Waals surface area contributed by atoms with Crippen molar-refractivity contribution in [3.05, 3.63) is 11.2 Å². The number of anilines is 2. The van der Waals surface area contributed by atoms with E-state index >= 15 is 0 Å². The molecule has 1 saturated heterocycles.